The number of carbonyl (C=O) groups is 2. The van der Waals surface area contributed by atoms with Crippen LogP contribution in [-0.2, 0) is 6.42 Å². The summed E-state index contributed by atoms with van der Waals surface area (Å²) in [5.41, 5.74) is 5.63. The van der Waals surface area contributed by atoms with Crippen LogP contribution in [0.15, 0.2) is 77.8 Å². The highest BCUT2D eigenvalue weighted by Gasteiger charge is 2.14. The molecule has 0 amide bonds. The maximum Gasteiger partial charge on any atom is 0.335 e. The third kappa shape index (κ3) is 4.76. The van der Waals surface area contributed by atoms with Gasteiger partial charge >= 0.3 is 11.9 Å². The van der Waals surface area contributed by atoms with Crippen LogP contribution in [-0.4, -0.2) is 34.4 Å². The van der Waals surface area contributed by atoms with Crippen molar-refractivity contribution < 1.29 is 19.8 Å². The highest BCUT2D eigenvalue weighted by atomic mass is 16.4. The Hall–Kier alpha value is -3.73. The van der Waals surface area contributed by atoms with Gasteiger partial charge in [0.1, 0.15) is 0 Å². The summed E-state index contributed by atoms with van der Waals surface area (Å²) in [5.74, 6) is -2.23. The van der Waals surface area contributed by atoms with Gasteiger partial charge in [0.2, 0.25) is 0 Å². The zero-order chi connectivity index (χ0) is 20.8. The number of carboxylic acids is 2. The van der Waals surface area contributed by atoms with Gasteiger partial charge in [-0.2, -0.15) is 0 Å². The number of rotatable bonds is 3. The molecule has 3 aromatic carbocycles. The second-order valence-corrected chi connectivity index (χ2v) is 6.64. The summed E-state index contributed by atoms with van der Waals surface area (Å²) in [4.78, 5) is 25.8. The van der Waals surface area contributed by atoms with Crippen molar-refractivity contribution in [3.05, 3.63) is 106 Å². The second-order valence-electron chi connectivity index (χ2n) is 6.64. The van der Waals surface area contributed by atoms with Crippen molar-refractivity contribution in [2.75, 3.05) is 6.54 Å². The van der Waals surface area contributed by atoms with Crippen molar-refractivity contribution in [2.24, 2.45) is 4.99 Å². The first kappa shape index (κ1) is 20.0. The SMILES string of the molecule is Cc1ccc(C(=O)O)cc1C(=O)O.c1ccc(C2=NCCc3ccccc32)cc1. The van der Waals surface area contributed by atoms with Gasteiger partial charge in [0.25, 0.3) is 0 Å². The lowest BCUT2D eigenvalue weighted by Gasteiger charge is -2.16. The van der Waals surface area contributed by atoms with E-state index in [-0.39, 0.29) is 11.1 Å². The Morgan fingerprint density at radius 2 is 1.55 bits per heavy atom. The monoisotopic (exact) mass is 387 g/mol. The van der Waals surface area contributed by atoms with Crippen LogP contribution in [0.5, 0.6) is 0 Å². The maximum atomic E-state index is 10.6. The molecule has 0 aromatic heterocycles. The summed E-state index contributed by atoms with van der Waals surface area (Å²) in [6.07, 6.45) is 1.06. The van der Waals surface area contributed by atoms with E-state index in [9.17, 15) is 9.59 Å². The molecule has 5 heteroatoms. The molecule has 0 spiro atoms. The molecule has 0 saturated carbocycles. The Labute approximate surface area is 169 Å². The van der Waals surface area contributed by atoms with Gasteiger partial charge in [0, 0.05) is 17.7 Å². The van der Waals surface area contributed by atoms with E-state index in [1.165, 1.54) is 28.8 Å². The lowest BCUT2D eigenvalue weighted by molar-refractivity contribution is 0.0695. The summed E-state index contributed by atoms with van der Waals surface area (Å²) in [6.45, 7) is 2.52. The van der Waals surface area contributed by atoms with Crippen molar-refractivity contribution in [1.29, 1.82) is 0 Å². The fourth-order valence-electron chi connectivity index (χ4n) is 3.17. The van der Waals surface area contributed by atoms with Gasteiger partial charge in [-0.25, -0.2) is 9.59 Å². The van der Waals surface area contributed by atoms with Crippen molar-refractivity contribution >= 4 is 17.7 Å². The number of nitrogens with zero attached hydrogens (tertiary/aromatic N) is 1. The fraction of sp³-hybridized carbons (Fsp3) is 0.125. The summed E-state index contributed by atoms with van der Waals surface area (Å²) >= 11 is 0. The highest BCUT2D eigenvalue weighted by molar-refractivity contribution is 6.14. The second kappa shape index (κ2) is 8.97. The maximum absolute atomic E-state index is 10.6. The number of hydrogen-bond donors (Lipinski definition) is 2. The number of aryl methyl sites for hydroxylation is 1. The van der Waals surface area contributed by atoms with E-state index in [1.807, 2.05) is 6.07 Å². The largest absolute Gasteiger partial charge is 0.478 e. The van der Waals surface area contributed by atoms with Crippen molar-refractivity contribution in [3.63, 3.8) is 0 Å². The molecule has 0 bridgehead atoms. The molecular weight excluding hydrogens is 366 g/mol. The molecule has 0 atom stereocenters. The third-order valence-corrected chi connectivity index (χ3v) is 4.69. The first-order chi connectivity index (χ1) is 14.0. The van der Waals surface area contributed by atoms with Crippen LogP contribution in [0.3, 0.4) is 0 Å². The van der Waals surface area contributed by atoms with Gasteiger partial charge in [-0.05, 0) is 36.6 Å². The smallest absolute Gasteiger partial charge is 0.335 e. The number of aromatic carboxylic acids is 2. The van der Waals surface area contributed by atoms with E-state index >= 15 is 0 Å². The van der Waals surface area contributed by atoms with Crippen molar-refractivity contribution in [3.8, 4) is 0 Å². The molecule has 0 aliphatic carbocycles. The van der Waals surface area contributed by atoms with Crippen LogP contribution >= 0.6 is 0 Å². The number of carboxylic acid groups (broad SMARTS) is 2. The average molecular weight is 387 g/mol. The van der Waals surface area contributed by atoms with E-state index in [0.717, 1.165) is 24.7 Å². The molecule has 146 valence electrons. The molecule has 4 rings (SSSR count). The fourth-order valence-corrected chi connectivity index (χ4v) is 3.17. The lowest BCUT2D eigenvalue weighted by atomic mass is 9.93. The number of fused-ring (bicyclic) bond motifs is 1. The minimum atomic E-state index is -1.12. The van der Waals surface area contributed by atoms with Crippen LogP contribution in [0.1, 0.15) is 43.0 Å². The van der Waals surface area contributed by atoms with Gasteiger partial charge in [-0.3, -0.25) is 4.99 Å². The molecule has 1 heterocycles. The summed E-state index contributed by atoms with van der Waals surface area (Å²) < 4.78 is 0. The van der Waals surface area contributed by atoms with E-state index in [0.29, 0.717) is 5.56 Å². The summed E-state index contributed by atoms with van der Waals surface area (Å²) in [6, 6.07) is 23.0. The Kier molecular flexibility index (Phi) is 6.19. The summed E-state index contributed by atoms with van der Waals surface area (Å²) in [5, 5.41) is 17.3. The summed E-state index contributed by atoms with van der Waals surface area (Å²) in [7, 11) is 0. The number of benzene rings is 3. The standard InChI is InChI=1S/C15H13N.C9H8O4/c1-2-7-13(8-3-1)15-14-9-5-4-6-12(14)10-11-16-15;1-5-2-3-6(8(10)11)4-7(5)9(12)13/h1-9H,10-11H2;2-4H,1H3,(H,10,11)(H,12,13). The molecule has 1 aliphatic rings. The first-order valence-corrected chi connectivity index (χ1v) is 9.22. The molecule has 0 saturated heterocycles. The van der Waals surface area contributed by atoms with Crippen LogP contribution in [0.25, 0.3) is 0 Å². The van der Waals surface area contributed by atoms with E-state index in [1.54, 1.807) is 6.92 Å². The first-order valence-electron chi connectivity index (χ1n) is 9.22. The van der Waals surface area contributed by atoms with Gasteiger partial charge in [-0.1, -0.05) is 60.7 Å². The topological polar surface area (TPSA) is 87.0 Å². The predicted octanol–water partition coefficient (Wildman–Crippen LogP) is 4.47. The molecule has 2 N–H and O–H groups in total. The molecule has 29 heavy (non-hydrogen) atoms. The molecule has 1 aliphatic heterocycles. The van der Waals surface area contributed by atoms with Gasteiger partial charge < -0.3 is 10.2 Å². The highest BCUT2D eigenvalue weighted by Crippen LogP contribution is 2.20. The van der Waals surface area contributed by atoms with Crippen LogP contribution in [0, 0.1) is 6.92 Å². The van der Waals surface area contributed by atoms with Crippen LogP contribution in [0.4, 0.5) is 0 Å². The molecule has 5 nitrogen and oxygen atoms in total. The van der Waals surface area contributed by atoms with Crippen LogP contribution < -0.4 is 0 Å². The molecule has 0 radical (unpaired) electrons. The van der Waals surface area contributed by atoms with Gasteiger partial charge in [0.15, 0.2) is 0 Å². The zero-order valence-corrected chi connectivity index (χ0v) is 16.0. The zero-order valence-electron chi connectivity index (χ0n) is 16.0. The minimum absolute atomic E-state index is 0.0111. The molecular formula is C24H21NO4. The molecule has 3 aromatic rings. The third-order valence-electron chi connectivity index (χ3n) is 4.69. The molecule has 0 unspecified atom stereocenters. The van der Waals surface area contributed by atoms with E-state index in [4.69, 9.17) is 10.2 Å². The Morgan fingerprint density at radius 3 is 2.24 bits per heavy atom. The Morgan fingerprint density at radius 1 is 0.862 bits per heavy atom. The van der Waals surface area contributed by atoms with Crippen LogP contribution in [0.2, 0.25) is 0 Å². The Balaban J connectivity index is 0.000000170. The van der Waals surface area contributed by atoms with E-state index in [2.05, 4.69) is 53.5 Å². The molecule has 0 fully saturated rings. The number of hydrogen-bond acceptors (Lipinski definition) is 3. The predicted molar refractivity (Wildman–Crippen MR) is 112 cm³/mol. The van der Waals surface area contributed by atoms with E-state index < -0.39 is 11.9 Å². The Bertz CT molecular complexity index is 1070. The number of aliphatic imine (C=N–C) groups is 1. The normalized spacial score (nSPS) is 12.1. The van der Waals surface area contributed by atoms with Gasteiger partial charge in [-0.15, -0.1) is 0 Å². The lowest BCUT2D eigenvalue weighted by Crippen LogP contribution is -2.13. The van der Waals surface area contributed by atoms with Crippen molar-refractivity contribution in [2.45, 2.75) is 13.3 Å². The quantitative estimate of drug-likeness (QED) is 0.694. The average Bonchev–Trinajstić information content (AvgIpc) is 2.74. The van der Waals surface area contributed by atoms with Crippen molar-refractivity contribution in [1.82, 2.24) is 0 Å². The van der Waals surface area contributed by atoms with Gasteiger partial charge in [0.05, 0.1) is 16.8 Å². The minimum Gasteiger partial charge on any atom is -0.478 e.